The Bertz CT molecular complexity index is 545. The highest BCUT2D eigenvalue weighted by Gasteiger charge is 2.19. The van der Waals surface area contributed by atoms with Gasteiger partial charge in [0.05, 0.1) is 5.69 Å². The number of nitrogens with zero attached hydrogens (tertiary/aromatic N) is 1. The molecule has 0 unspecified atom stereocenters. The first-order valence-corrected chi connectivity index (χ1v) is 6.70. The monoisotopic (exact) mass is 228 g/mol. The average Bonchev–Trinajstić information content (AvgIpc) is 2.16. The second-order valence-corrected chi connectivity index (χ2v) is 5.71. The maximum Gasteiger partial charge on any atom is 0.255 e. The van der Waals surface area contributed by atoms with Gasteiger partial charge in [-0.3, -0.25) is 9.78 Å². The molecule has 1 heterocycles. The Morgan fingerprint density at radius 1 is 1.27 bits per heavy atom. The molecule has 0 amide bonds. The van der Waals surface area contributed by atoms with Gasteiger partial charge in [-0.15, -0.1) is 0 Å². The van der Waals surface area contributed by atoms with Crippen LogP contribution in [-0.4, -0.2) is 24.6 Å². The molecule has 1 aromatic rings. The summed E-state index contributed by atoms with van der Waals surface area (Å²) < 4.78 is 22.5. The smallest absolute Gasteiger partial charge is 0.255 e. The first kappa shape index (κ1) is 10.4. The number of nitrogens with one attached hydrogen (secondary N) is 1. The second kappa shape index (κ2) is 3.44. The van der Waals surface area contributed by atoms with Gasteiger partial charge in [0.1, 0.15) is 0 Å². The van der Waals surface area contributed by atoms with E-state index in [9.17, 15) is 13.2 Å². The lowest BCUT2D eigenvalue weighted by Crippen LogP contribution is -2.24. The van der Waals surface area contributed by atoms with Gasteiger partial charge in [0.2, 0.25) is 15.0 Å². The quantitative estimate of drug-likeness (QED) is 0.689. The van der Waals surface area contributed by atoms with Crippen LogP contribution in [0.25, 0.3) is 0 Å². The summed E-state index contributed by atoms with van der Waals surface area (Å²) in [6, 6.07) is 0. The van der Waals surface area contributed by atoms with Crippen molar-refractivity contribution >= 4 is 9.84 Å². The van der Waals surface area contributed by atoms with E-state index in [-0.39, 0.29) is 10.7 Å². The number of hydrogen-bond acceptors (Lipinski definition) is 4. The van der Waals surface area contributed by atoms with Gasteiger partial charge in [-0.1, -0.05) is 0 Å². The van der Waals surface area contributed by atoms with Gasteiger partial charge in [-0.2, -0.15) is 0 Å². The molecule has 1 aliphatic rings. The lowest BCUT2D eigenvalue weighted by atomic mass is 9.97. The maximum absolute atomic E-state index is 11.6. The molecule has 1 N–H and O–H groups in total. The number of H-pyrrole nitrogens is 1. The van der Waals surface area contributed by atoms with Crippen LogP contribution < -0.4 is 5.56 Å². The molecule has 1 aliphatic carbocycles. The molecular weight excluding hydrogens is 216 g/mol. The number of aryl methyl sites for hydroxylation is 1. The minimum Gasteiger partial charge on any atom is -0.297 e. The van der Waals surface area contributed by atoms with Crippen LogP contribution in [0, 0.1) is 0 Å². The molecule has 0 saturated carbocycles. The third kappa shape index (κ3) is 1.94. The number of hydrogen-bond donors (Lipinski definition) is 1. The molecule has 0 fully saturated rings. The first-order valence-electron chi connectivity index (χ1n) is 4.80. The van der Waals surface area contributed by atoms with E-state index in [0.29, 0.717) is 24.1 Å². The summed E-state index contributed by atoms with van der Waals surface area (Å²) in [5, 5.41) is -0.215. The maximum atomic E-state index is 11.6. The molecule has 0 aliphatic heterocycles. The van der Waals surface area contributed by atoms with Crippen LogP contribution in [0.5, 0.6) is 0 Å². The molecule has 0 bridgehead atoms. The number of rotatable bonds is 1. The van der Waals surface area contributed by atoms with Gasteiger partial charge in [0, 0.05) is 11.8 Å². The third-order valence-corrected chi connectivity index (χ3v) is 3.42. The fraction of sp³-hybridized carbons (Fsp3) is 0.556. The van der Waals surface area contributed by atoms with Crippen molar-refractivity contribution in [1.29, 1.82) is 0 Å². The summed E-state index contributed by atoms with van der Waals surface area (Å²) in [5.74, 6) is 0. The molecule has 6 heteroatoms. The average molecular weight is 228 g/mol. The highest BCUT2D eigenvalue weighted by atomic mass is 32.2. The molecule has 1 aromatic heterocycles. The highest BCUT2D eigenvalue weighted by molar-refractivity contribution is 7.90. The SMILES string of the molecule is CS(=O)(=O)c1nc2c(c(=O)[nH]1)CCCC2. The molecule has 0 radical (unpaired) electrons. The van der Waals surface area contributed by atoms with Crippen LogP contribution in [0.1, 0.15) is 24.1 Å². The third-order valence-electron chi connectivity index (χ3n) is 2.52. The molecular formula is C9H12N2O3S. The molecule has 0 spiro atoms. The lowest BCUT2D eigenvalue weighted by molar-refractivity contribution is 0.583. The Hall–Kier alpha value is -1.17. The zero-order valence-corrected chi connectivity index (χ0v) is 9.23. The minimum atomic E-state index is -3.43. The van der Waals surface area contributed by atoms with Crippen molar-refractivity contribution in [1.82, 2.24) is 9.97 Å². The summed E-state index contributed by atoms with van der Waals surface area (Å²) in [4.78, 5) is 17.9. The molecule has 15 heavy (non-hydrogen) atoms. The normalized spacial score (nSPS) is 16.1. The predicted molar refractivity (Wildman–Crippen MR) is 54.6 cm³/mol. The van der Waals surface area contributed by atoms with Crippen LogP contribution in [0.3, 0.4) is 0 Å². The second-order valence-electron chi connectivity index (χ2n) is 3.78. The van der Waals surface area contributed by atoms with Crippen molar-refractivity contribution in [3.05, 3.63) is 21.6 Å². The van der Waals surface area contributed by atoms with E-state index in [0.717, 1.165) is 19.1 Å². The van der Waals surface area contributed by atoms with Crippen LogP contribution in [0.2, 0.25) is 0 Å². The van der Waals surface area contributed by atoms with E-state index in [1.165, 1.54) is 0 Å². The van der Waals surface area contributed by atoms with Gasteiger partial charge >= 0.3 is 0 Å². The Labute approximate surface area is 87.5 Å². The Kier molecular flexibility index (Phi) is 2.38. The zero-order chi connectivity index (χ0) is 11.1. The number of aromatic amines is 1. The van der Waals surface area contributed by atoms with E-state index < -0.39 is 9.84 Å². The van der Waals surface area contributed by atoms with Crippen molar-refractivity contribution in [2.75, 3.05) is 6.26 Å². The van der Waals surface area contributed by atoms with Crippen molar-refractivity contribution in [2.24, 2.45) is 0 Å². The van der Waals surface area contributed by atoms with Gasteiger partial charge in [-0.05, 0) is 25.7 Å². The summed E-state index contributed by atoms with van der Waals surface area (Å²) in [6.45, 7) is 0. The number of sulfone groups is 1. The van der Waals surface area contributed by atoms with E-state index >= 15 is 0 Å². The number of fused-ring (bicyclic) bond motifs is 1. The molecule has 0 saturated heterocycles. The summed E-state index contributed by atoms with van der Waals surface area (Å²) in [5.41, 5.74) is 0.985. The minimum absolute atomic E-state index is 0.215. The van der Waals surface area contributed by atoms with Crippen LogP contribution in [-0.2, 0) is 22.7 Å². The summed E-state index contributed by atoms with van der Waals surface area (Å²) in [6.07, 6.45) is 4.37. The molecule has 0 aromatic carbocycles. The fourth-order valence-electron chi connectivity index (χ4n) is 1.76. The van der Waals surface area contributed by atoms with Crippen molar-refractivity contribution in [3.63, 3.8) is 0 Å². The Balaban J connectivity index is 2.65. The standard InChI is InChI=1S/C9H12N2O3S/c1-15(13,14)9-10-7-5-3-2-4-6(7)8(12)11-9/h2-5H2,1H3,(H,10,11,12). The molecule has 82 valence electrons. The summed E-state index contributed by atoms with van der Waals surface area (Å²) >= 11 is 0. The largest absolute Gasteiger partial charge is 0.297 e. The van der Waals surface area contributed by atoms with Gasteiger partial charge < -0.3 is 0 Å². The topological polar surface area (TPSA) is 79.9 Å². The van der Waals surface area contributed by atoms with Crippen LogP contribution in [0.15, 0.2) is 9.95 Å². The van der Waals surface area contributed by atoms with E-state index in [1.54, 1.807) is 0 Å². The highest BCUT2D eigenvalue weighted by Crippen LogP contribution is 2.16. The van der Waals surface area contributed by atoms with Gasteiger partial charge in [0.25, 0.3) is 5.56 Å². The van der Waals surface area contributed by atoms with Crippen molar-refractivity contribution < 1.29 is 8.42 Å². The molecule has 2 rings (SSSR count). The summed E-state index contributed by atoms with van der Waals surface area (Å²) in [7, 11) is -3.43. The van der Waals surface area contributed by atoms with Crippen LogP contribution >= 0.6 is 0 Å². The van der Waals surface area contributed by atoms with E-state index in [4.69, 9.17) is 0 Å². The lowest BCUT2D eigenvalue weighted by Gasteiger charge is -2.13. The number of aromatic nitrogens is 2. The van der Waals surface area contributed by atoms with E-state index in [1.807, 2.05) is 0 Å². The molecule has 0 atom stereocenters. The van der Waals surface area contributed by atoms with E-state index in [2.05, 4.69) is 9.97 Å². The Morgan fingerprint density at radius 3 is 2.60 bits per heavy atom. The van der Waals surface area contributed by atoms with Crippen molar-refractivity contribution in [2.45, 2.75) is 30.8 Å². The van der Waals surface area contributed by atoms with Gasteiger partial charge in [-0.25, -0.2) is 13.4 Å². The zero-order valence-electron chi connectivity index (χ0n) is 8.41. The first-order chi connectivity index (χ1) is 6.98. The predicted octanol–water partition coefficient (Wildman–Crippen LogP) is 0.0522. The van der Waals surface area contributed by atoms with Crippen LogP contribution in [0.4, 0.5) is 0 Å². The molecule has 5 nitrogen and oxygen atoms in total. The Morgan fingerprint density at radius 2 is 1.93 bits per heavy atom. The van der Waals surface area contributed by atoms with Crippen molar-refractivity contribution in [3.8, 4) is 0 Å². The fourth-order valence-corrected chi connectivity index (χ4v) is 2.31. The van der Waals surface area contributed by atoms with Gasteiger partial charge in [0.15, 0.2) is 0 Å².